The number of nitrogens with two attached hydrogens (primary N) is 1. The minimum atomic E-state index is -3.41. The van der Waals surface area contributed by atoms with Crippen LogP contribution in [0.1, 0.15) is 23.3 Å². The Morgan fingerprint density at radius 3 is 2.85 bits per heavy atom. The summed E-state index contributed by atoms with van der Waals surface area (Å²) in [5.74, 6) is 0.290. The second kappa shape index (κ2) is 6.53. The standard InChI is InChI=1S/C13H22N2O3S2/c1-10-6-13(19-12(10)7-14)20(16,17)15(2)8-11-4-3-5-18-9-11/h6,11H,3-5,7-9,14H2,1-2H3. The van der Waals surface area contributed by atoms with Crippen LogP contribution in [0.4, 0.5) is 0 Å². The third-order valence-electron chi connectivity index (χ3n) is 3.62. The van der Waals surface area contributed by atoms with Crippen molar-refractivity contribution in [3.05, 3.63) is 16.5 Å². The van der Waals surface area contributed by atoms with E-state index < -0.39 is 10.0 Å². The van der Waals surface area contributed by atoms with Gasteiger partial charge < -0.3 is 10.5 Å². The van der Waals surface area contributed by atoms with Crippen molar-refractivity contribution in [1.29, 1.82) is 0 Å². The van der Waals surface area contributed by atoms with Gasteiger partial charge in [-0.2, -0.15) is 4.31 Å². The molecule has 1 aliphatic rings. The molecule has 0 saturated carbocycles. The van der Waals surface area contributed by atoms with Gasteiger partial charge in [-0.1, -0.05) is 0 Å². The minimum absolute atomic E-state index is 0.290. The molecule has 0 bridgehead atoms. The summed E-state index contributed by atoms with van der Waals surface area (Å²) in [5.41, 5.74) is 6.57. The molecule has 1 unspecified atom stereocenters. The van der Waals surface area contributed by atoms with Crippen LogP contribution in [0.3, 0.4) is 0 Å². The summed E-state index contributed by atoms with van der Waals surface area (Å²) in [6, 6.07) is 1.72. The Labute approximate surface area is 124 Å². The maximum Gasteiger partial charge on any atom is 0.252 e. The molecule has 0 amide bonds. The molecule has 20 heavy (non-hydrogen) atoms. The molecule has 5 nitrogen and oxygen atoms in total. The average molecular weight is 318 g/mol. The summed E-state index contributed by atoms with van der Waals surface area (Å²) >= 11 is 1.27. The molecule has 114 valence electrons. The third kappa shape index (κ3) is 3.40. The number of hydrogen-bond acceptors (Lipinski definition) is 5. The van der Waals surface area contributed by atoms with Gasteiger partial charge in [0.05, 0.1) is 6.61 Å². The van der Waals surface area contributed by atoms with Gasteiger partial charge in [0, 0.05) is 31.6 Å². The van der Waals surface area contributed by atoms with Crippen molar-refractivity contribution in [3.63, 3.8) is 0 Å². The minimum Gasteiger partial charge on any atom is -0.381 e. The van der Waals surface area contributed by atoms with E-state index in [0.717, 1.165) is 29.9 Å². The highest BCUT2D eigenvalue weighted by molar-refractivity contribution is 7.91. The zero-order valence-corrected chi connectivity index (χ0v) is 13.6. The lowest BCUT2D eigenvalue weighted by Gasteiger charge is -2.26. The zero-order valence-electron chi connectivity index (χ0n) is 12.0. The largest absolute Gasteiger partial charge is 0.381 e. The van der Waals surface area contributed by atoms with E-state index in [1.807, 2.05) is 6.92 Å². The predicted octanol–water partition coefficient (Wildman–Crippen LogP) is 1.56. The molecule has 2 rings (SSSR count). The molecule has 1 atom stereocenters. The summed E-state index contributed by atoms with van der Waals surface area (Å²) in [5, 5.41) is 0. The Morgan fingerprint density at radius 2 is 2.30 bits per heavy atom. The smallest absolute Gasteiger partial charge is 0.252 e. The molecule has 1 aliphatic heterocycles. The van der Waals surface area contributed by atoms with E-state index >= 15 is 0 Å². The Kier molecular flexibility index (Phi) is 5.19. The number of ether oxygens (including phenoxy) is 1. The number of thiophene rings is 1. The van der Waals surface area contributed by atoms with Crippen molar-refractivity contribution in [3.8, 4) is 0 Å². The molecule has 7 heteroatoms. The first kappa shape index (κ1) is 15.9. The molecular weight excluding hydrogens is 296 g/mol. The molecule has 1 aromatic heterocycles. The normalized spacial score (nSPS) is 20.5. The van der Waals surface area contributed by atoms with E-state index in [-0.39, 0.29) is 0 Å². The monoisotopic (exact) mass is 318 g/mol. The summed E-state index contributed by atoms with van der Waals surface area (Å²) in [7, 11) is -1.77. The third-order valence-corrected chi connectivity index (χ3v) is 7.15. The van der Waals surface area contributed by atoms with Crippen molar-refractivity contribution in [2.45, 2.75) is 30.5 Å². The number of rotatable bonds is 5. The van der Waals surface area contributed by atoms with Crippen LogP contribution in [-0.2, 0) is 21.3 Å². The molecule has 2 heterocycles. The van der Waals surface area contributed by atoms with Gasteiger partial charge in [-0.05, 0) is 37.3 Å². The first-order valence-electron chi connectivity index (χ1n) is 6.78. The highest BCUT2D eigenvalue weighted by Crippen LogP contribution is 2.28. The molecule has 0 aliphatic carbocycles. The van der Waals surface area contributed by atoms with Crippen LogP contribution in [-0.4, -0.2) is 39.5 Å². The second-order valence-corrected chi connectivity index (χ2v) is 8.65. The molecule has 1 aromatic rings. The molecule has 1 saturated heterocycles. The van der Waals surface area contributed by atoms with Crippen molar-refractivity contribution in [2.75, 3.05) is 26.8 Å². The lowest BCUT2D eigenvalue weighted by molar-refractivity contribution is 0.0495. The number of nitrogens with zero attached hydrogens (tertiary/aromatic N) is 1. The molecule has 1 fully saturated rings. The Hall–Kier alpha value is -0.470. The van der Waals surface area contributed by atoms with Crippen LogP contribution in [0.15, 0.2) is 10.3 Å². The van der Waals surface area contributed by atoms with Crippen LogP contribution in [0.2, 0.25) is 0 Å². The topological polar surface area (TPSA) is 72.6 Å². The maximum absolute atomic E-state index is 12.5. The molecule has 0 radical (unpaired) electrons. The van der Waals surface area contributed by atoms with Gasteiger partial charge in [0.1, 0.15) is 4.21 Å². The summed E-state index contributed by atoms with van der Waals surface area (Å²) in [6.45, 7) is 4.23. The fraction of sp³-hybridized carbons (Fsp3) is 0.692. The van der Waals surface area contributed by atoms with E-state index in [9.17, 15) is 8.42 Å². The van der Waals surface area contributed by atoms with Gasteiger partial charge in [-0.3, -0.25) is 0 Å². The number of sulfonamides is 1. The van der Waals surface area contributed by atoms with E-state index in [1.54, 1.807) is 13.1 Å². The Balaban J connectivity index is 2.11. The predicted molar refractivity (Wildman–Crippen MR) is 80.3 cm³/mol. The fourth-order valence-corrected chi connectivity index (χ4v) is 5.31. The van der Waals surface area contributed by atoms with Gasteiger partial charge in [0.15, 0.2) is 0 Å². The van der Waals surface area contributed by atoms with Crippen molar-refractivity contribution >= 4 is 21.4 Å². The van der Waals surface area contributed by atoms with Gasteiger partial charge in [-0.25, -0.2) is 8.42 Å². The van der Waals surface area contributed by atoms with Crippen LogP contribution < -0.4 is 5.73 Å². The van der Waals surface area contributed by atoms with Crippen LogP contribution in [0.5, 0.6) is 0 Å². The zero-order chi connectivity index (χ0) is 14.8. The first-order valence-corrected chi connectivity index (χ1v) is 9.04. The summed E-state index contributed by atoms with van der Waals surface area (Å²) < 4.78 is 32.3. The van der Waals surface area contributed by atoms with Crippen molar-refractivity contribution in [2.24, 2.45) is 11.7 Å². The van der Waals surface area contributed by atoms with Gasteiger partial charge in [-0.15, -0.1) is 11.3 Å². The highest BCUT2D eigenvalue weighted by atomic mass is 32.2. The first-order chi connectivity index (χ1) is 9.45. The van der Waals surface area contributed by atoms with Crippen LogP contribution >= 0.6 is 11.3 Å². The van der Waals surface area contributed by atoms with E-state index in [2.05, 4.69) is 0 Å². The maximum atomic E-state index is 12.5. The molecule has 0 spiro atoms. The van der Waals surface area contributed by atoms with Crippen molar-refractivity contribution in [1.82, 2.24) is 4.31 Å². The lowest BCUT2D eigenvalue weighted by atomic mass is 10.0. The van der Waals surface area contributed by atoms with Crippen LogP contribution in [0.25, 0.3) is 0 Å². The van der Waals surface area contributed by atoms with Gasteiger partial charge in [0.25, 0.3) is 10.0 Å². The van der Waals surface area contributed by atoms with Gasteiger partial charge in [0.2, 0.25) is 0 Å². The molecule has 0 aromatic carbocycles. The summed E-state index contributed by atoms with van der Waals surface area (Å²) in [4.78, 5) is 0.929. The van der Waals surface area contributed by atoms with E-state index in [0.29, 0.717) is 29.8 Å². The average Bonchev–Trinajstić information content (AvgIpc) is 2.81. The second-order valence-electron chi connectivity index (χ2n) is 5.24. The molecular formula is C13H22N2O3S2. The quantitative estimate of drug-likeness (QED) is 0.894. The van der Waals surface area contributed by atoms with Crippen LogP contribution in [0, 0.1) is 12.8 Å². The fourth-order valence-electron chi connectivity index (χ4n) is 2.39. The van der Waals surface area contributed by atoms with Crippen molar-refractivity contribution < 1.29 is 13.2 Å². The Morgan fingerprint density at radius 1 is 1.55 bits per heavy atom. The lowest BCUT2D eigenvalue weighted by Crippen LogP contribution is -2.34. The van der Waals surface area contributed by atoms with Gasteiger partial charge >= 0.3 is 0 Å². The molecule has 2 N–H and O–H groups in total. The van der Waals surface area contributed by atoms with E-state index in [1.165, 1.54) is 15.6 Å². The summed E-state index contributed by atoms with van der Waals surface area (Å²) in [6.07, 6.45) is 2.03. The number of hydrogen-bond donors (Lipinski definition) is 1. The number of aryl methyl sites for hydroxylation is 1. The Bertz CT molecular complexity index is 548. The van der Waals surface area contributed by atoms with E-state index in [4.69, 9.17) is 10.5 Å². The SMILES string of the molecule is Cc1cc(S(=O)(=O)N(C)CC2CCCOC2)sc1CN. The highest BCUT2D eigenvalue weighted by Gasteiger charge is 2.27.